The van der Waals surface area contributed by atoms with Crippen LogP contribution in [0.25, 0.3) is 0 Å². The lowest BCUT2D eigenvalue weighted by atomic mass is 9.83. The average molecular weight is 408 g/mol. The highest BCUT2D eigenvalue weighted by Gasteiger charge is 2.51. The summed E-state index contributed by atoms with van der Waals surface area (Å²) in [5.41, 5.74) is 8.55. The number of amidine groups is 2. The number of aliphatic imine (C=N–C) groups is 1. The van der Waals surface area contributed by atoms with Gasteiger partial charge in [0.15, 0.2) is 0 Å². The summed E-state index contributed by atoms with van der Waals surface area (Å²) in [6.07, 6.45) is 2.34. The van der Waals surface area contributed by atoms with Crippen LogP contribution in [0.5, 0.6) is 0 Å². The molecule has 0 aromatic rings. The molecule has 3 aliphatic rings. The van der Waals surface area contributed by atoms with Gasteiger partial charge >= 0.3 is 0 Å². The number of nitrogens with one attached hydrogen (secondary N) is 1. The van der Waals surface area contributed by atoms with Gasteiger partial charge in [-0.1, -0.05) is 19.6 Å². The Balaban J connectivity index is 1.61. The summed E-state index contributed by atoms with van der Waals surface area (Å²) < 4.78 is 19.8. The Hall–Kier alpha value is -1.59. The number of rotatable bonds is 4. The lowest BCUT2D eigenvalue weighted by Crippen LogP contribution is -2.62. The van der Waals surface area contributed by atoms with Gasteiger partial charge in [-0.25, -0.2) is 9.38 Å². The van der Waals surface area contributed by atoms with Crippen LogP contribution in [0.2, 0.25) is 19.6 Å². The molecule has 4 atom stereocenters. The Bertz CT molecular complexity index is 726. The van der Waals surface area contributed by atoms with Crippen molar-refractivity contribution in [3.63, 3.8) is 0 Å². The van der Waals surface area contributed by atoms with E-state index in [2.05, 4.69) is 41.0 Å². The SMILES string of the molecule is CN(C(=N)OC[C@@]12CCCN1C[C@H](F)C2)C1(C)N=C(N)[C@H]1CC#C[Si](C)(C)C. The second-order valence-corrected chi connectivity index (χ2v) is 14.4. The molecule has 8 heteroatoms. The molecule has 0 saturated carbocycles. The summed E-state index contributed by atoms with van der Waals surface area (Å²) in [5.74, 6) is 3.85. The number of halogens is 1. The van der Waals surface area contributed by atoms with Crippen molar-refractivity contribution < 1.29 is 9.13 Å². The van der Waals surface area contributed by atoms with Crippen molar-refractivity contribution in [3.05, 3.63) is 0 Å². The quantitative estimate of drug-likeness (QED) is 0.325. The van der Waals surface area contributed by atoms with E-state index in [9.17, 15) is 4.39 Å². The predicted molar refractivity (Wildman–Crippen MR) is 114 cm³/mol. The Morgan fingerprint density at radius 2 is 2.21 bits per heavy atom. The van der Waals surface area contributed by atoms with E-state index in [0.29, 0.717) is 31.8 Å². The molecule has 0 aromatic heterocycles. The Kier molecular flexibility index (Phi) is 5.54. The van der Waals surface area contributed by atoms with Crippen LogP contribution >= 0.6 is 0 Å². The first-order valence-corrected chi connectivity index (χ1v) is 13.7. The first-order chi connectivity index (χ1) is 13.0. The van der Waals surface area contributed by atoms with Crippen LogP contribution < -0.4 is 5.73 Å². The number of alkyl halides is 1. The lowest BCUT2D eigenvalue weighted by molar-refractivity contribution is 0.0662. The van der Waals surface area contributed by atoms with E-state index in [1.54, 1.807) is 4.90 Å². The molecule has 0 aromatic carbocycles. The first-order valence-electron chi connectivity index (χ1n) is 10.2. The number of hydrogen-bond donors (Lipinski definition) is 2. The van der Waals surface area contributed by atoms with E-state index in [0.717, 1.165) is 19.4 Å². The van der Waals surface area contributed by atoms with Gasteiger partial charge in [-0.05, 0) is 26.3 Å². The fourth-order valence-corrected chi connectivity index (χ4v) is 5.24. The van der Waals surface area contributed by atoms with Crippen molar-refractivity contribution >= 4 is 19.9 Å². The van der Waals surface area contributed by atoms with E-state index >= 15 is 0 Å². The normalized spacial score (nSPS) is 34.7. The molecule has 28 heavy (non-hydrogen) atoms. The van der Waals surface area contributed by atoms with Crippen LogP contribution in [0.3, 0.4) is 0 Å². The summed E-state index contributed by atoms with van der Waals surface area (Å²) in [7, 11) is 0.379. The zero-order valence-electron chi connectivity index (χ0n) is 17.8. The minimum atomic E-state index is -1.43. The molecule has 156 valence electrons. The smallest absolute Gasteiger partial charge is 0.286 e. The maximum Gasteiger partial charge on any atom is 0.286 e. The van der Waals surface area contributed by atoms with Gasteiger partial charge in [-0.2, -0.15) is 0 Å². The summed E-state index contributed by atoms with van der Waals surface area (Å²) in [5, 5.41) is 8.43. The van der Waals surface area contributed by atoms with Crippen LogP contribution in [0, 0.1) is 22.8 Å². The van der Waals surface area contributed by atoms with Crippen molar-refractivity contribution in [2.75, 3.05) is 26.7 Å². The number of nitrogens with zero attached hydrogens (tertiary/aromatic N) is 3. The minimum absolute atomic E-state index is 0.0202. The second-order valence-electron chi connectivity index (χ2n) is 9.67. The highest BCUT2D eigenvalue weighted by molar-refractivity contribution is 6.83. The molecule has 6 nitrogen and oxygen atoms in total. The number of nitrogens with two attached hydrogens (primary N) is 1. The molecule has 2 fully saturated rings. The fraction of sp³-hybridized carbons (Fsp3) is 0.800. The molecule has 3 N–H and O–H groups in total. The van der Waals surface area contributed by atoms with Crippen LogP contribution in [0.15, 0.2) is 4.99 Å². The first kappa shape index (κ1) is 21.1. The molecule has 3 aliphatic heterocycles. The van der Waals surface area contributed by atoms with E-state index in [1.165, 1.54) is 0 Å². The van der Waals surface area contributed by atoms with Crippen molar-refractivity contribution in [1.29, 1.82) is 5.41 Å². The molecule has 0 radical (unpaired) electrons. The third kappa shape index (κ3) is 3.92. The van der Waals surface area contributed by atoms with Gasteiger partial charge in [0, 0.05) is 26.4 Å². The maximum absolute atomic E-state index is 13.9. The number of ether oxygens (including phenoxy) is 1. The zero-order chi connectivity index (χ0) is 20.7. The van der Waals surface area contributed by atoms with Crippen molar-refractivity contribution in [3.8, 4) is 11.5 Å². The van der Waals surface area contributed by atoms with E-state index < -0.39 is 19.9 Å². The molecule has 0 aliphatic carbocycles. The molecule has 3 heterocycles. The third-order valence-electron chi connectivity index (χ3n) is 6.36. The molecular weight excluding hydrogens is 373 g/mol. The monoisotopic (exact) mass is 407 g/mol. The van der Waals surface area contributed by atoms with Crippen LogP contribution in [-0.4, -0.2) is 73.8 Å². The van der Waals surface area contributed by atoms with Crippen molar-refractivity contribution in [2.45, 2.75) is 69.6 Å². The summed E-state index contributed by atoms with van der Waals surface area (Å²) >= 11 is 0. The molecule has 0 spiro atoms. The lowest BCUT2D eigenvalue weighted by Gasteiger charge is -2.48. The predicted octanol–water partition coefficient (Wildman–Crippen LogP) is 2.42. The van der Waals surface area contributed by atoms with E-state index in [-0.39, 0.29) is 17.5 Å². The topological polar surface area (TPSA) is 77.9 Å². The summed E-state index contributed by atoms with van der Waals surface area (Å²) in [6, 6.07) is 0.0606. The van der Waals surface area contributed by atoms with Crippen LogP contribution in [-0.2, 0) is 4.74 Å². The highest BCUT2D eigenvalue weighted by atomic mass is 28.3. The number of hydrogen-bond acceptors (Lipinski definition) is 5. The molecule has 2 saturated heterocycles. The van der Waals surface area contributed by atoms with Gasteiger partial charge in [0.1, 0.15) is 32.4 Å². The summed E-state index contributed by atoms with van der Waals surface area (Å²) in [4.78, 5) is 8.43. The van der Waals surface area contributed by atoms with Crippen molar-refractivity contribution in [1.82, 2.24) is 9.80 Å². The Morgan fingerprint density at radius 3 is 2.86 bits per heavy atom. The molecular formula is C20H34FN5OSi. The fourth-order valence-electron chi connectivity index (χ4n) is 4.61. The van der Waals surface area contributed by atoms with Gasteiger partial charge in [0.25, 0.3) is 6.02 Å². The molecule has 0 amide bonds. The van der Waals surface area contributed by atoms with Gasteiger partial charge in [0.05, 0.1) is 11.5 Å². The highest BCUT2D eigenvalue weighted by Crippen LogP contribution is 2.41. The Morgan fingerprint density at radius 1 is 1.50 bits per heavy atom. The third-order valence-corrected chi connectivity index (χ3v) is 7.29. The van der Waals surface area contributed by atoms with Crippen molar-refractivity contribution in [2.24, 2.45) is 16.6 Å². The standard InChI is InChI=1S/C20H34FN5OSi/c1-19(16(17(22)24-19)8-6-11-28(3,4)5)25(2)18(23)27-14-20-9-7-10-26(20)13-15(21)12-20/h15-16,23H,7-10,12-14H2,1-5H3,(H2,22,24)/t15-,16-,19?,20+/m1/s1. The van der Waals surface area contributed by atoms with E-state index in [4.69, 9.17) is 15.9 Å². The van der Waals surface area contributed by atoms with Gasteiger partial charge < -0.3 is 15.4 Å². The average Bonchev–Trinajstić information content (AvgIpc) is 3.10. The minimum Gasteiger partial charge on any atom is -0.463 e. The second kappa shape index (κ2) is 7.34. The maximum atomic E-state index is 13.9. The molecule has 3 rings (SSSR count). The largest absolute Gasteiger partial charge is 0.463 e. The summed E-state index contributed by atoms with van der Waals surface area (Å²) in [6.45, 7) is 10.4. The zero-order valence-corrected chi connectivity index (χ0v) is 18.8. The number of fused-ring (bicyclic) bond motifs is 1. The molecule has 1 unspecified atom stereocenters. The van der Waals surface area contributed by atoms with Gasteiger partial charge in [-0.15, -0.1) is 11.5 Å². The van der Waals surface area contributed by atoms with Gasteiger partial charge in [-0.3, -0.25) is 10.3 Å². The van der Waals surface area contributed by atoms with Crippen LogP contribution in [0.1, 0.15) is 32.6 Å². The van der Waals surface area contributed by atoms with Crippen LogP contribution in [0.4, 0.5) is 4.39 Å². The van der Waals surface area contributed by atoms with E-state index in [1.807, 2.05) is 14.0 Å². The Labute approximate surface area is 169 Å². The molecule has 0 bridgehead atoms. The van der Waals surface area contributed by atoms with Gasteiger partial charge in [0.2, 0.25) is 0 Å².